The molecule has 0 bridgehead atoms. The summed E-state index contributed by atoms with van der Waals surface area (Å²) in [5.74, 6) is -0.975. The van der Waals surface area contributed by atoms with Crippen LogP contribution in [0.15, 0.2) is 46.3 Å². The van der Waals surface area contributed by atoms with Crippen molar-refractivity contribution in [3.05, 3.63) is 46.3 Å². The van der Waals surface area contributed by atoms with Gasteiger partial charge in [0.2, 0.25) is 5.78 Å². The quantitative estimate of drug-likeness (QED) is 0.503. The number of carbonyl (C=O) groups excluding carboxylic acids is 2. The Morgan fingerprint density at radius 1 is 0.970 bits per heavy atom. The molecule has 0 aromatic carbocycles. The highest BCUT2D eigenvalue weighted by atomic mass is 16.3. The molecule has 0 unspecified atom stereocenters. The third-order valence-electron chi connectivity index (χ3n) is 10.9. The van der Waals surface area contributed by atoms with Gasteiger partial charge in [0.1, 0.15) is 11.7 Å². The standard InChI is InChI=1S/C28H36O5/c1-15-16-7-8-19-24(2,17(16)13-18(29)21(15)30)9-11-27(5)20-14-28(6,33)23(32)22(31)25(20,3)10-12-26(19,27)4/h7-8,13,20,22,30-31,33H,9-12,14H2,1-6H3/t20-,22-,24+,25-,26-,27+,28+/m1/s1. The molecule has 0 radical (unpaired) electrons. The van der Waals surface area contributed by atoms with Crippen LogP contribution in [0.3, 0.4) is 0 Å². The van der Waals surface area contributed by atoms with Crippen molar-refractivity contribution in [2.45, 2.75) is 85.4 Å². The number of aliphatic hydroxyl groups excluding tert-OH is 2. The summed E-state index contributed by atoms with van der Waals surface area (Å²) in [5.41, 5.74) is 0.978. The zero-order chi connectivity index (χ0) is 24.4. The van der Waals surface area contributed by atoms with E-state index < -0.39 is 22.9 Å². The van der Waals surface area contributed by atoms with Gasteiger partial charge in [0.25, 0.3) is 0 Å². The summed E-state index contributed by atoms with van der Waals surface area (Å²) >= 11 is 0. The Hall–Kier alpha value is -1.98. The van der Waals surface area contributed by atoms with Crippen LogP contribution >= 0.6 is 0 Å². The van der Waals surface area contributed by atoms with Crippen molar-refractivity contribution in [3.63, 3.8) is 0 Å². The maximum atomic E-state index is 12.8. The Morgan fingerprint density at radius 3 is 2.30 bits per heavy atom. The third kappa shape index (κ3) is 2.50. The monoisotopic (exact) mass is 452 g/mol. The predicted octanol–water partition coefficient (Wildman–Crippen LogP) is 4.51. The average Bonchev–Trinajstić information content (AvgIpc) is 2.75. The summed E-state index contributed by atoms with van der Waals surface area (Å²) in [6, 6.07) is 0. The van der Waals surface area contributed by atoms with Crippen LogP contribution in [0, 0.1) is 27.6 Å². The van der Waals surface area contributed by atoms with E-state index in [1.807, 2.05) is 13.0 Å². The van der Waals surface area contributed by atoms with Crippen LogP contribution in [0.1, 0.15) is 73.6 Å². The molecule has 7 atom stereocenters. The molecule has 5 aliphatic rings. The molecule has 0 aromatic rings. The van der Waals surface area contributed by atoms with Crippen LogP contribution in [0.4, 0.5) is 0 Å². The highest BCUT2D eigenvalue weighted by Crippen LogP contribution is 2.74. The molecule has 33 heavy (non-hydrogen) atoms. The highest BCUT2D eigenvalue weighted by Gasteiger charge is 2.70. The first-order valence-corrected chi connectivity index (χ1v) is 12.2. The number of Topliss-reactive ketones (excluding diaryl/α,β-unsaturated/α-hetero) is 1. The summed E-state index contributed by atoms with van der Waals surface area (Å²) < 4.78 is 0. The molecule has 178 valence electrons. The summed E-state index contributed by atoms with van der Waals surface area (Å²) in [6.07, 6.45) is 8.27. The second kappa shape index (κ2) is 6.37. The largest absolute Gasteiger partial charge is 0.504 e. The molecule has 3 saturated carbocycles. The number of fused-ring (bicyclic) bond motifs is 7. The maximum absolute atomic E-state index is 12.8. The normalized spacial score (nSPS) is 49.3. The number of allylic oxidation sites excluding steroid dienone is 7. The number of rotatable bonds is 0. The highest BCUT2D eigenvalue weighted by molar-refractivity contribution is 6.06. The summed E-state index contributed by atoms with van der Waals surface area (Å²) in [6.45, 7) is 12.2. The van der Waals surface area contributed by atoms with E-state index in [1.165, 1.54) is 5.57 Å². The van der Waals surface area contributed by atoms with Crippen molar-refractivity contribution in [1.29, 1.82) is 0 Å². The smallest absolute Gasteiger partial charge is 0.220 e. The lowest BCUT2D eigenvalue weighted by Crippen LogP contribution is -2.68. The van der Waals surface area contributed by atoms with Gasteiger partial charge in [-0.2, -0.15) is 0 Å². The van der Waals surface area contributed by atoms with Crippen molar-refractivity contribution < 1.29 is 24.9 Å². The molecule has 0 spiro atoms. The molecule has 0 saturated heterocycles. The number of ketones is 2. The van der Waals surface area contributed by atoms with Gasteiger partial charge in [-0.05, 0) is 79.9 Å². The molecule has 3 N–H and O–H groups in total. The van der Waals surface area contributed by atoms with E-state index >= 15 is 0 Å². The van der Waals surface area contributed by atoms with Gasteiger partial charge in [-0.3, -0.25) is 9.59 Å². The fourth-order valence-corrected chi connectivity index (χ4v) is 8.39. The number of carbonyl (C=O) groups is 2. The van der Waals surface area contributed by atoms with Crippen LogP contribution in [-0.4, -0.2) is 38.6 Å². The van der Waals surface area contributed by atoms with Crippen LogP contribution in [0.5, 0.6) is 0 Å². The fraction of sp³-hybridized carbons (Fsp3) is 0.643. The van der Waals surface area contributed by atoms with Gasteiger partial charge in [-0.25, -0.2) is 0 Å². The topological polar surface area (TPSA) is 94.8 Å². The summed E-state index contributed by atoms with van der Waals surface area (Å²) in [4.78, 5) is 25.3. The van der Waals surface area contributed by atoms with E-state index in [4.69, 9.17) is 0 Å². The summed E-state index contributed by atoms with van der Waals surface area (Å²) in [7, 11) is 0. The van der Waals surface area contributed by atoms with Crippen LogP contribution in [0.2, 0.25) is 0 Å². The van der Waals surface area contributed by atoms with Gasteiger partial charge < -0.3 is 15.3 Å². The zero-order valence-corrected chi connectivity index (χ0v) is 20.6. The first-order chi connectivity index (χ1) is 15.1. The third-order valence-corrected chi connectivity index (χ3v) is 10.9. The molecule has 0 heterocycles. The van der Waals surface area contributed by atoms with E-state index in [9.17, 15) is 24.9 Å². The Bertz CT molecular complexity index is 1120. The lowest BCUT2D eigenvalue weighted by Gasteiger charge is -2.70. The van der Waals surface area contributed by atoms with Crippen molar-refractivity contribution in [3.8, 4) is 0 Å². The minimum atomic E-state index is -1.53. The Balaban J connectivity index is 1.67. The zero-order valence-electron chi connectivity index (χ0n) is 20.6. The van der Waals surface area contributed by atoms with Gasteiger partial charge in [0.15, 0.2) is 11.5 Å². The number of aliphatic hydroxyl groups is 3. The van der Waals surface area contributed by atoms with E-state index in [0.717, 1.165) is 30.4 Å². The molecule has 5 heteroatoms. The molecule has 0 aliphatic heterocycles. The van der Waals surface area contributed by atoms with E-state index in [0.29, 0.717) is 18.4 Å². The minimum Gasteiger partial charge on any atom is -0.504 e. The lowest BCUT2D eigenvalue weighted by atomic mass is 9.34. The van der Waals surface area contributed by atoms with Gasteiger partial charge in [0.05, 0.1) is 0 Å². The van der Waals surface area contributed by atoms with Crippen LogP contribution in [-0.2, 0) is 9.59 Å². The molecule has 3 fully saturated rings. The van der Waals surface area contributed by atoms with Crippen LogP contribution < -0.4 is 0 Å². The van der Waals surface area contributed by atoms with E-state index in [2.05, 4.69) is 26.8 Å². The molecular formula is C28H36O5. The SMILES string of the molecule is CC1=C(O)C(=O)C=C2C1=CC=C1[C@@]2(C)CC[C@@]2(C)[C@@H]3C[C@](C)(O)C(=O)[C@@H](O)[C@]3(C)CC[C@]12C. The molecule has 5 aliphatic carbocycles. The van der Waals surface area contributed by atoms with Crippen molar-refractivity contribution >= 4 is 11.6 Å². The van der Waals surface area contributed by atoms with Crippen LogP contribution in [0.25, 0.3) is 0 Å². The number of hydrogen-bond acceptors (Lipinski definition) is 5. The first kappa shape index (κ1) is 22.8. The van der Waals surface area contributed by atoms with Crippen molar-refractivity contribution in [1.82, 2.24) is 0 Å². The molecular weight excluding hydrogens is 416 g/mol. The predicted molar refractivity (Wildman–Crippen MR) is 125 cm³/mol. The van der Waals surface area contributed by atoms with Crippen molar-refractivity contribution in [2.24, 2.45) is 27.6 Å². The van der Waals surface area contributed by atoms with Gasteiger partial charge in [-0.15, -0.1) is 0 Å². The molecule has 5 nitrogen and oxygen atoms in total. The fourth-order valence-electron chi connectivity index (χ4n) is 8.39. The average molecular weight is 453 g/mol. The van der Waals surface area contributed by atoms with Gasteiger partial charge in [0, 0.05) is 16.4 Å². The van der Waals surface area contributed by atoms with E-state index in [1.54, 1.807) is 19.9 Å². The maximum Gasteiger partial charge on any atom is 0.220 e. The van der Waals surface area contributed by atoms with Gasteiger partial charge in [-0.1, -0.05) is 45.4 Å². The Kier molecular flexibility index (Phi) is 4.40. The Morgan fingerprint density at radius 2 is 1.64 bits per heavy atom. The first-order valence-electron chi connectivity index (χ1n) is 12.2. The second-order valence-electron chi connectivity index (χ2n) is 12.4. The minimum absolute atomic E-state index is 0.0186. The van der Waals surface area contributed by atoms with Gasteiger partial charge >= 0.3 is 0 Å². The van der Waals surface area contributed by atoms with Crippen molar-refractivity contribution in [2.75, 3.05) is 0 Å². The van der Waals surface area contributed by atoms with E-state index in [-0.39, 0.29) is 33.7 Å². The second-order valence-corrected chi connectivity index (χ2v) is 12.4. The summed E-state index contributed by atoms with van der Waals surface area (Å²) in [5, 5.41) is 32.3. The lowest BCUT2D eigenvalue weighted by molar-refractivity contribution is -0.212. The number of hydrogen-bond donors (Lipinski definition) is 3. The molecule has 0 amide bonds. The molecule has 0 aromatic heterocycles. The Labute approximate surface area is 196 Å². The molecule has 5 rings (SSSR count).